The summed E-state index contributed by atoms with van der Waals surface area (Å²) in [7, 11) is 3.28. The molecule has 1 atom stereocenters. The van der Waals surface area contributed by atoms with Crippen molar-refractivity contribution in [1.82, 2.24) is 15.5 Å². The monoisotopic (exact) mass is 381 g/mol. The van der Waals surface area contributed by atoms with Gasteiger partial charge in [-0.3, -0.25) is 14.4 Å². The predicted molar refractivity (Wildman–Crippen MR) is 109 cm³/mol. The zero-order chi connectivity index (χ0) is 20.4. The fourth-order valence-electron chi connectivity index (χ4n) is 2.86. The van der Waals surface area contributed by atoms with Crippen LogP contribution in [0.1, 0.15) is 28.8 Å². The molecule has 0 heterocycles. The third kappa shape index (κ3) is 6.54. The SMILES string of the molecule is CNC(=O)CCCN(C)C(=O)C(Cc1ccccc1)NC(=O)c1ccccc1. The van der Waals surface area contributed by atoms with E-state index in [0.717, 1.165) is 5.56 Å². The van der Waals surface area contributed by atoms with Gasteiger partial charge in [-0.25, -0.2) is 0 Å². The molecule has 148 valence electrons. The lowest BCUT2D eigenvalue weighted by atomic mass is 10.0. The number of hydrogen-bond donors (Lipinski definition) is 2. The van der Waals surface area contributed by atoms with Crippen molar-refractivity contribution >= 4 is 17.7 Å². The molecular formula is C22H27N3O3. The summed E-state index contributed by atoms with van der Waals surface area (Å²) in [6.45, 7) is 0.443. The summed E-state index contributed by atoms with van der Waals surface area (Å²) < 4.78 is 0. The summed E-state index contributed by atoms with van der Waals surface area (Å²) in [4.78, 5) is 38.5. The van der Waals surface area contributed by atoms with E-state index in [9.17, 15) is 14.4 Å². The highest BCUT2D eigenvalue weighted by molar-refractivity contribution is 5.97. The summed E-state index contributed by atoms with van der Waals surface area (Å²) in [5.74, 6) is -0.516. The van der Waals surface area contributed by atoms with Gasteiger partial charge >= 0.3 is 0 Å². The lowest BCUT2D eigenvalue weighted by Crippen LogP contribution is -2.48. The van der Waals surface area contributed by atoms with Gasteiger partial charge in [0.05, 0.1) is 0 Å². The van der Waals surface area contributed by atoms with Crippen molar-refractivity contribution in [3.63, 3.8) is 0 Å². The van der Waals surface area contributed by atoms with Crippen LogP contribution in [-0.2, 0) is 16.0 Å². The van der Waals surface area contributed by atoms with Gasteiger partial charge in [-0.15, -0.1) is 0 Å². The Morgan fingerprint density at radius 2 is 1.57 bits per heavy atom. The smallest absolute Gasteiger partial charge is 0.251 e. The third-order valence-electron chi connectivity index (χ3n) is 4.47. The van der Waals surface area contributed by atoms with Crippen LogP contribution in [0.25, 0.3) is 0 Å². The number of benzene rings is 2. The first-order valence-corrected chi connectivity index (χ1v) is 9.36. The van der Waals surface area contributed by atoms with Gasteiger partial charge in [-0.05, 0) is 24.1 Å². The maximum Gasteiger partial charge on any atom is 0.251 e. The lowest BCUT2D eigenvalue weighted by Gasteiger charge is -2.25. The van der Waals surface area contributed by atoms with Crippen LogP contribution in [0.2, 0.25) is 0 Å². The van der Waals surface area contributed by atoms with Gasteiger partial charge in [-0.2, -0.15) is 0 Å². The summed E-state index contributed by atoms with van der Waals surface area (Å²) >= 11 is 0. The van der Waals surface area contributed by atoms with Gasteiger partial charge in [0, 0.05) is 39.0 Å². The highest BCUT2D eigenvalue weighted by Gasteiger charge is 2.24. The maximum atomic E-state index is 13.0. The Kier molecular flexibility index (Phi) is 8.21. The fourth-order valence-corrected chi connectivity index (χ4v) is 2.86. The van der Waals surface area contributed by atoms with Gasteiger partial charge in [0.2, 0.25) is 11.8 Å². The molecule has 2 aromatic rings. The van der Waals surface area contributed by atoms with Crippen molar-refractivity contribution in [3.05, 3.63) is 71.8 Å². The molecule has 1 unspecified atom stereocenters. The van der Waals surface area contributed by atoms with Crippen molar-refractivity contribution in [2.45, 2.75) is 25.3 Å². The van der Waals surface area contributed by atoms with Gasteiger partial charge in [0.15, 0.2) is 0 Å². The minimum atomic E-state index is -0.680. The zero-order valence-corrected chi connectivity index (χ0v) is 16.4. The molecule has 0 aliphatic carbocycles. The van der Waals surface area contributed by atoms with Crippen LogP contribution in [0.15, 0.2) is 60.7 Å². The largest absolute Gasteiger partial charge is 0.359 e. The summed E-state index contributed by atoms with van der Waals surface area (Å²) in [6.07, 6.45) is 1.32. The quantitative estimate of drug-likeness (QED) is 0.697. The Hall–Kier alpha value is -3.15. The van der Waals surface area contributed by atoms with E-state index in [0.29, 0.717) is 31.4 Å². The number of likely N-dealkylation sites (N-methyl/N-ethyl adjacent to an activating group) is 1. The Bertz CT molecular complexity index is 778. The van der Waals surface area contributed by atoms with E-state index in [1.165, 1.54) is 0 Å². The number of carbonyl (C=O) groups is 3. The number of nitrogens with zero attached hydrogens (tertiary/aromatic N) is 1. The molecule has 2 rings (SSSR count). The zero-order valence-electron chi connectivity index (χ0n) is 16.4. The van der Waals surface area contributed by atoms with Crippen molar-refractivity contribution in [2.75, 3.05) is 20.6 Å². The predicted octanol–water partition coefficient (Wildman–Crippen LogP) is 2.01. The van der Waals surface area contributed by atoms with Gasteiger partial charge in [0.25, 0.3) is 5.91 Å². The minimum Gasteiger partial charge on any atom is -0.359 e. The molecule has 6 nitrogen and oxygen atoms in total. The van der Waals surface area contributed by atoms with Crippen molar-refractivity contribution < 1.29 is 14.4 Å². The van der Waals surface area contributed by atoms with Crippen LogP contribution in [0, 0.1) is 0 Å². The minimum absolute atomic E-state index is 0.0564. The molecule has 0 aromatic heterocycles. The Morgan fingerprint density at radius 1 is 0.964 bits per heavy atom. The van der Waals surface area contributed by atoms with Crippen molar-refractivity contribution in [1.29, 1.82) is 0 Å². The molecule has 0 spiro atoms. The Balaban J connectivity index is 2.07. The van der Waals surface area contributed by atoms with Crippen LogP contribution in [0.5, 0.6) is 0 Å². The van der Waals surface area contributed by atoms with Gasteiger partial charge in [-0.1, -0.05) is 48.5 Å². The van der Waals surface area contributed by atoms with Crippen LogP contribution in [0.3, 0.4) is 0 Å². The number of carbonyl (C=O) groups excluding carboxylic acids is 3. The fraction of sp³-hybridized carbons (Fsp3) is 0.318. The molecule has 28 heavy (non-hydrogen) atoms. The second kappa shape index (κ2) is 10.9. The van der Waals surface area contributed by atoms with E-state index < -0.39 is 6.04 Å². The summed E-state index contributed by atoms with van der Waals surface area (Å²) in [5, 5.41) is 5.43. The molecule has 0 aliphatic rings. The van der Waals surface area contributed by atoms with Crippen LogP contribution >= 0.6 is 0 Å². The molecule has 0 fully saturated rings. The summed E-state index contributed by atoms with van der Waals surface area (Å²) in [6, 6.07) is 17.7. The second-order valence-corrected chi connectivity index (χ2v) is 6.62. The molecule has 0 saturated carbocycles. The molecule has 3 amide bonds. The molecule has 6 heteroatoms. The van der Waals surface area contributed by atoms with E-state index in [-0.39, 0.29) is 17.7 Å². The van der Waals surface area contributed by atoms with Crippen LogP contribution < -0.4 is 10.6 Å². The van der Waals surface area contributed by atoms with Crippen molar-refractivity contribution in [3.8, 4) is 0 Å². The highest BCUT2D eigenvalue weighted by Crippen LogP contribution is 2.08. The summed E-state index contributed by atoms with van der Waals surface area (Å²) in [5.41, 5.74) is 1.48. The number of amides is 3. The van der Waals surface area contributed by atoms with Crippen LogP contribution in [-0.4, -0.2) is 49.3 Å². The first kappa shape index (κ1) is 21.2. The molecular weight excluding hydrogens is 354 g/mol. The molecule has 0 bridgehead atoms. The molecule has 2 aromatic carbocycles. The normalized spacial score (nSPS) is 11.4. The second-order valence-electron chi connectivity index (χ2n) is 6.62. The first-order valence-electron chi connectivity index (χ1n) is 9.36. The first-order chi connectivity index (χ1) is 13.5. The number of hydrogen-bond acceptors (Lipinski definition) is 3. The number of nitrogens with one attached hydrogen (secondary N) is 2. The van der Waals surface area contributed by atoms with E-state index in [4.69, 9.17) is 0 Å². The average Bonchev–Trinajstić information content (AvgIpc) is 2.73. The van der Waals surface area contributed by atoms with E-state index in [1.54, 1.807) is 43.3 Å². The van der Waals surface area contributed by atoms with E-state index in [2.05, 4.69) is 10.6 Å². The average molecular weight is 381 g/mol. The Labute approximate surface area is 165 Å². The highest BCUT2D eigenvalue weighted by atomic mass is 16.2. The van der Waals surface area contributed by atoms with E-state index in [1.807, 2.05) is 36.4 Å². The topological polar surface area (TPSA) is 78.5 Å². The third-order valence-corrected chi connectivity index (χ3v) is 4.47. The molecule has 0 aliphatic heterocycles. The van der Waals surface area contributed by atoms with Gasteiger partial charge < -0.3 is 15.5 Å². The Morgan fingerprint density at radius 3 is 2.18 bits per heavy atom. The molecule has 0 saturated heterocycles. The van der Waals surface area contributed by atoms with Crippen LogP contribution in [0.4, 0.5) is 0 Å². The standard InChI is InChI=1S/C22H27N3O3/c1-23-20(26)14-9-15-25(2)22(28)19(16-17-10-5-3-6-11-17)24-21(27)18-12-7-4-8-13-18/h3-8,10-13,19H,9,14-16H2,1-2H3,(H,23,26)(H,24,27). The maximum absolute atomic E-state index is 13.0. The van der Waals surface area contributed by atoms with Gasteiger partial charge in [0.1, 0.15) is 6.04 Å². The van der Waals surface area contributed by atoms with E-state index >= 15 is 0 Å². The number of rotatable bonds is 9. The molecule has 0 radical (unpaired) electrons. The molecule has 2 N–H and O–H groups in total. The van der Waals surface area contributed by atoms with Crippen molar-refractivity contribution in [2.24, 2.45) is 0 Å². The lowest BCUT2D eigenvalue weighted by molar-refractivity contribution is -0.132.